The molecule has 6 rings (SSSR count). The smallest absolute Gasteiger partial charge is 0.279 e. The number of alkyl halides is 1. The zero-order valence-corrected chi connectivity index (χ0v) is 22.3. The Labute approximate surface area is 231 Å². The van der Waals surface area contributed by atoms with Crippen LogP contribution in [0.25, 0.3) is 11.3 Å². The average molecular weight is 550 g/mol. The normalized spacial score (nSPS) is 21.4. The van der Waals surface area contributed by atoms with Crippen LogP contribution in [0.4, 0.5) is 21.7 Å². The predicted molar refractivity (Wildman–Crippen MR) is 147 cm³/mol. The third-order valence-electron chi connectivity index (χ3n) is 7.23. The number of hydrogen-bond donors (Lipinski definition) is 2. The number of nitrogens with zero attached hydrogens (tertiary/aromatic N) is 3. The molecule has 2 atom stereocenters. The average Bonchev–Trinajstić information content (AvgIpc) is 3.29. The summed E-state index contributed by atoms with van der Waals surface area (Å²) in [5, 5.41) is 17.8. The summed E-state index contributed by atoms with van der Waals surface area (Å²) < 4.78 is 26.4. The highest BCUT2D eigenvalue weighted by Gasteiger charge is 2.35. The largest absolute Gasteiger partial charge is 0.493 e. The Balaban J connectivity index is 1.43. The van der Waals surface area contributed by atoms with E-state index in [-0.39, 0.29) is 34.6 Å². The number of anilines is 2. The molecule has 1 aliphatic carbocycles. The van der Waals surface area contributed by atoms with Gasteiger partial charge in [-0.2, -0.15) is 0 Å². The van der Waals surface area contributed by atoms with Gasteiger partial charge in [0.1, 0.15) is 11.4 Å². The Morgan fingerprint density at radius 3 is 2.90 bits per heavy atom. The van der Waals surface area contributed by atoms with Gasteiger partial charge in [-0.3, -0.25) is 14.9 Å². The van der Waals surface area contributed by atoms with Gasteiger partial charge in [0.15, 0.2) is 0 Å². The van der Waals surface area contributed by atoms with Crippen LogP contribution in [0.15, 0.2) is 48.7 Å². The number of carbonyl (C=O) groups excluding carboxylic acids is 1. The van der Waals surface area contributed by atoms with Gasteiger partial charge in [0.05, 0.1) is 29.4 Å². The number of ether oxygens (including phenoxy) is 2. The van der Waals surface area contributed by atoms with Crippen molar-refractivity contribution >= 4 is 23.2 Å². The zero-order valence-electron chi connectivity index (χ0n) is 22.3. The second-order valence-corrected chi connectivity index (χ2v) is 10.6. The summed E-state index contributed by atoms with van der Waals surface area (Å²) in [5.41, 5.74) is 0.978. The lowest BCUT2D eigenvalue weighted by Crippen LogP contribution is -2.24. The molecule has 6 bridgehead atoms. The van der Waals surface area contributed by atoms with E-state index >= 15 is 0 Å². The van der Waals surface area contributed by atoms with Crippen LogP contribution >= 0.6 is 0 Å². The predicted octanol–water partition coefficient (Wildman–Crippen LogP) is 5.74. The molecule has 0 radical (unpaired) electrons. The first kappa shape index (κ1) is 27.4. The molecule has 2 N–H and O–H groups in total. The minimum atomic E-state index is -1.14. The molecular weight excluding hydrogens is 517 g/mol. The van der Waals surface area contributed by atoms with Gasteiger partial charge in [0.2, 0.25) is 5.95 Å². The van der Waals surface area contributed by atoms with E-state index in [1.165, 1.54) is 18.3 Å². The van der Waals surface area contributed by atoms with E-state index in [9.17, 15) is 19.3 Å². The van der Waals surface area contributed by atoms with Gasteiger partial charge in [-0.1, -0.05) is 0 Å². The zero-order chi connectivity index (χ0) is 28.1. The monoisotopic (exact) mass is 549 g/mol. The van der Waals surface area contributed by atoms with Crippen LogP contribution in [-0.4, -0.2) is 46.2 Å². The lowest BCUT2D eigenvalue weighted by Gasteiger charge is -2.17. The van der Waals surface area contributed by atoms with E-state index in [1.807, 2.05) is 18.2 Å². The van der Waals surface area contributed by atoms with Crippen molar-refractivity contribution in [1.82, 2.24) is 15.3 Å². The van der Waals surface area contributed by atoms with Crippen molar-refractivity contribution in [2.75, 3.05) is 25.1 Å². The van der Waals surface area contributed by atoms with E-state index in [4.69, 9.17) is 9.47 Å². The molecule has 2 aliphatic heterocycles. The van der Waals surface area contributed by atoms with Crippen molar-refractivity contribution in [2.24, 2.45) is 5.92 Å². The first-order valence-corrected chi connectivity index (χ1v) is 13.5. The molecule has 10 nitrogen and oxygen atoms in total. The molecule has 3 heterocycles. The number of amides is 1. The van der Waals surface area contributed by atoms with E-state index in [1.54, 1.807) is 19.1 Å². The Kier molecular flexibility index (Phi) is 8.20. The topological polar surface area (TPSA) is 129 Å². The fraction of sp³-hybridized carbons (Fsp3) is 0.414. The number of benzene rings is 2. The number of rotatable bonds is 4. The van der Waals surface area contributed by atoms with Crippen LogP contribution in [0, 0.1) is 16.0 Å². The number of halogens is 1. The Hall–Kier alpha value is -4.12. The highest BCUT2D eigenvalue weighted by molar-refractivity contribution is 5.96. The number of fused-ring (bicyclic) bond motifs is 9. The molecule has 3 aromatic rings. The number of nitro benzene ring substituents is 1. The summed E-state index contributed by atoms with van der Waals surface area (Å²) in [7, 11) is 0. The van der Waals surface area contributed by atoms with Crippen molar-refractivity contribution in [3.8, 4) is 17.0 Å². The summed E-state index contributed by atoms with van der Waals surface area (Å²) in [4.78, 5) is 32.7. The van der Waals surface area contributed by atoms with E-state index < -0.39 is 10.6 Å². The van der Waals surface area contributed by atoms with Crippen molar-refractivity contribution in [2.45, 2.75) is 51.3 Å². The van der Waals surface area contributed by atoms with Crippen LogP contribution in [0.1, 0.15) is 54.9 Å². The molecule has 1 aromatic heterocycles. The van der Waals surface area contributed by atoms with Crippen molar-refractivity contribution < 1.29 is 23.6 Å². The summed E-state index contributed by atoms with van der Waals surface area (Å²) >= 11 is 0. The second-order valence-electron chi connectivity index (χ2n) is 10.6. The first-order chi connectivity index (χ1) is 19.3. The van der Waals surface area contributed by atoms with E-state index in [2.05, 4.69) is 20.6 Å². The summed E-state index contributed by atoms with van der Waals surface area (Å²) in [6.45, 7) is 3.27. The molecule has 1 saturated carbocycles. The van der Waals surface area contributed by atoms with Gasteiger partial charge < -0.3 is 20.1 Å². The van der Waals surface area contributed by atoms with Crippen LogP contribution in [0.5, 0.6) is 5.75 Å². The second kappa shape index (κ2) is 12.0. The fourth-order valence-electron chi connectivity index (χ4n) is 5.13. The molecule has 1 amide bonds. The summed E-state index contributed by atoms with van der Waals surface area (Å²) in [6.07, 6.45) is 4.74. The van der Waals surface area contributed by atoms with Gasteiger partial charge in [0.25, 0.3) is 11.6 Å². The SMILES string of the molecule is CC1(F)CCC(COc2ccc3cc2COCCCCNC(=O)c2ccc(c([N+](=O)[O-])c2)-c2ccnc(n2)N3)C1. The van der Waals surface area contributed by atoms with Crippen molar-refractivity contribution in [3.63, 3.8) is 0 Å². The number of carbonyl (C=O) groups is 1. The minimum Gasteiger partial charge on any atom is -0.493 e. The van der Waals surface area contributed by atoms with Crippen LogP contribution < -0.4 is 15.4 Å². The van der Waals surface area contributed by atoms with Gasteiger partial charge in [-0.15, -0.1) is 0 Å². The van der Waals surface area contributed by atoms with Gasteiger partial charge in [-0.05, 0) is 81.3 Å². The maximum absolute atomic E-state index is 14.3. The minimum absolute atomic E-state index is 0.161. The number of hydrogen-bond acceptors (Lipinski definition) is 8. The van der Waals surface area contributed by atoms with Crippen molar-refractivity contribution in [3.05, 3.63) is 69.9 Å². The Morgan fingerprint density at radius 2 is 2.10 bits per heavy atom. The molecule has 210 valence electrons. The maximum Gasteiger partial charge on any atom is 0.279 e. The summed E-state index contributed by atoms with van der Waals surface area (Å²) in [6, 6.07) is 11.5. The lowest BCUT2D eigenvalue weighted by molar-refractivity contribution is -0.384. The highest BCUT2D eigenvalue weighted by Crippen LogP contribution is 2.38. The van der Waals surface area contributed by atoms with E-state index in [0.29, 0.717) is 69.2 Å². The quantitative estimate of drug-likeness (QED) is 0.311. The number of nitrogens with one attached hydrogen (secondary N) is 2. The Bertz CT molecular complexity index is 1400. The van der Waals surface area contributed by atoms with Crippen LogP contribution in [0.2, 0.25) is 0 Å². The molecule has 2 unspecified atom stereocenters. The molecule has 1 fully saturated rings. The van der Waals surface area contributed by atoms with Gasteiger partial charge in [-0.25, -0.2) is 14.4 Å². The standard InChI is InChI=1S/C29H32FN5O5/c1-29(30)10-8-19(16-29)17-40-26-7-5-22-14-21(26)18-39-13-3-2-11-31-27(36)20-4-6-23(25(15-20)35(37)38)24-9-12-32-28(33-22)34-24/h4-7,9,12,14-15,19H,2-3,8,10-11,13,16-18H2,1H3,(H,31,36)(H,32,33,34). The molecule has 2 aromatic carbocycles. The number of nitro groups is 1. The molecule has 0 spiro atoms. The maximum atomic E-state index is 14.3. The van der Waals surface area contributed by atoms with Crippen molar-refractivity contribution in [1.29, 1.82) is 0 Å². The van der Waals surface area contributed by atoms with Gasteiger partial charge >= 0.3 is 0 Å². The number of aromatic nitrogens is 2. The summed E-state index contributed by atoms with van der Waals surface area (Å²) in [5.74, 6) is 0.696. The molecular formula is C29H32FN5O5. The fourth-order valence-corrected chi connectivity index (χ4v) is 5.13. The molecule has 40 heavy (non-hydrogen) atoms. The van der Waals surface area contributed by atoms with Crippen LogP contribution in [-0.2, 0) is 11.3 Å². The third-order valence-corrected chi connectivity index (χ3v) is 7.23. The first-order valence-electron chi connectivity index (χ1n) is 13.5. The lowest BCUT2D eigenvalue weighted by atomic mass is 10.1. The molecule has 0 saturated heterocycles. The van der Waals surface area contributed by atoms with Gasteiger partial charge in [0, 0.05) is 42.2 Å². The van der Waals surface area contributed by atoms with E-state index in [0.717, 1.165) is 12.0 Å². The molecule has 11 heteroatoms. The third kappa shape index (κ3) is 6.71. The molecule has 3 aliphatic rings. The Morgan fingerprint density at radius 1 is 1.23 bits per heavy atom. The van der Waals surface area contributed by atoms with Crippen LogP contribution in [0.3, 0.4) is 0 Å². The highest BCUT2D eigenvalue weighted by atomic mass is 19.1.